The average Bonchev–Trinajstić information content (AvgIpc) is 2.82. The Labute approximate surface area is 225 Å². The van der Waals surface area contributed by atoms with Crippen LogP contribution in [0.2, 0.25) is 0 Å². The van der Waals surface area contributed by atoms with Crippen molar-refractivity contribution in [2.24, 2.45) is 0 Å². The fraction of sp³-hybridized carbons (Fsp3) is 0.909. The first-order valence-electron chi connectivity index (χ1n) is 11.8. The molecule has 0 amide bonds. The SMILES string of the molecule is CC=CC(F)(F)C(F)(F)C(F)(F)C(F)(F)C(F)(F)C(F)(F)C(F)(F)C(F)(F)C(F)(F)C(F)(F)CCCCCCCCC. The van der Waals surface area contributed by atoms with Gasteiger partial charge in [-0.3, -0.25) is 0 Å². The van der Waals surface area contributed by atoms with Crippen molar-refractivity contribution >= 4 is 0 Å². The number of halogens is 20. The highest BCUT2D eigenvalue weighted by atomic mass is 19.4. The molecule has 0 nitrogen and oxygen atoms in total. The molecule has 0 spiro atoms. The van der Waals surface area contributed by atoms with E-state index in [4.69, 9.17) is 0 Å². The smallest absolute Gasteiger partial charge is 0.200 e. The van der Waals surface area contributed by atoms with Crippen molar-refractivity contribution in [3.63, 3.8) is 0 Å². The van der Waals surface area contributed by atoms with Crippen LogP contribution in [0.15, 0.2) is 12.2 Å². The molecule has 0 unspecified atom stereocenters. The molecule has 0 aliphatic carbocycles. The number of unbranched alkanes of at least 4 members (excludes halogenated alkanes) is 6. The third-order valence-electron chi connectivity index (χ3n) is 6.11. The molecule has 0 saturated carbocycles. The molecule has 0 heterocycles. The largest absolute Gasteiger partial charge is 0.385 e. The van der Waals surface area contributed by atoms with Crippen LogP contribution in [-0.2, 0) is 0 Å². The summed E-state index contributed by atoms with van der Waals surface area (Å²) in [6.45, 7) is 2.10. The highest BCUT2D eigenvalue weighted by molar-refractivity contribution is 5.20. The molecule has 0 saturated heterocycles. The normalized spacial score (nSPS) is 16.0. The van der Waals surface area contributed by atoms with Crippen LogP contribution in [0.25, 0.3) is 0 Å². The average molecular weight is 668 g/mol. The first kappa shape index (κ1) is 40.3. The topological polar surface area (TPSA) is 0 Å². The number of alkyl halides is 20. The quantitative estimate of drug-likeness (QED) is 0.0775. The van der Waals surface area contributed by atoms with Crippen LogP contribution in [0.1, 0.15) is 65.2 Å². The lowest BCUT2D eigenvalue weighted by Crippen LogP contribution is -2.76. The lowest BCUT2D eigenvalue weighted by molar-refractivity contribution is -0.467. The summed E-state index contributed by atoms with van der Waals surface area (Å²) in [5.41, 5.74) is 0. The van der Waals surface area contributed by atoms with Crippen molar-refractivity contribution < 1.29 is 87.8 Å². The second-order valence-corrected chi connectivity index (χ2v) is 9.29. The summed E-state index contributed by atoms with van der Waals surface area (Å²) >= 11 is 0. The van der Waals surface area contributed by atoms with Crippen LogP contribution in [0.4, 0.5) is 87.8 Å². The van der Waals surface area contributed by atoms with Crippen LogP contribution in [-0.4, -0.2) is 59.2 Å². The molecule has 0 aliphatic heterocycles. The Morgan fingerprint density at radius 1 is 0.381 bits per heavy atom. The van der Waals surface area contributed by atoms with E-state index in [0.717, 1.165) is 0 Å². The van der Waals surface area contributed by atoms with Gasteiger partial charge in [-0.15, -0.1) is 0 Å². The Balaban J connectivity index is 6.58. The Bertz CT molecular complexity index is 902. The van der Waals surface area contributed by atoms with E-state index >= 15 is 0 Å². The molecule has 0 bridgehead atoms. The zero-order valence-corrected chi connectivity index (χ0v) is 21.4. The van der Waals surface area contributed by atoms with Gasteiger partial charge in [-0.1, -0.05) is 51.5 Å². The molecule has 0 radical (unpaired) electrons. The fourth-order valence-electron chi connectivity index (χ4n) is 3.40. The Morgan fingerprint density at radius 3 is 1.00 bits per heavy atom. The summed E-state index contributed by atoms with van der Waals surface area (Å²) in [5.74, 6) is -81.3. The van der Waals surface area contributed by atoms with Crippen LogP contribution in [0, 0.1) is 0 Å². The maximum absolute atomic E-state index is 13.9. The molecular weight excluding hydrogens is 644 g/mol. The van der Waals surface area contributed by atoms with Gasteiger partial charge in [0.1, 0.15) is 0 Å². The second kappa shape index (κ2) is 12.4. The van der Waals surface area contributed by atoms with E-state index in [1.165, 1.54) is 0 Å². The van der Waals surface area contributed by atoms with Gasteiger partial charge in [0, 0.05) is 6.42 Å². The monoisotopic (exact) mass is 668 g/mol. The van der Waals surface area contributed by atoms with E-state index in [0.29, 0.717) is 32.6 Å². The molecule has 0 aromatic carbocycles. The number of rotatable bonds is 18. The predicted octanol–water partition coefficient (Wildman–Crippen LogP) is 11.1. The summed E-state index contributed by atoms with van der Waals surface area (Å²) in [6.07, 6.45) is -3.57. The highest BCUT2D eigenvalue weighted by Gasteiger charge is 2.97. The summed E-state index contributed by atoms with van der Waals surface area (Å²) in [4.78, 5) is 0. The summed E-state index contributed by atoms with van der Waals surface area (Å²) < 4.78 is 275. The van der Waals surface area contributed by atoms with E-state index in [1.54, 1.807) is 6.92 Å². The van der Waals surface area contributed by atoms with E-state index in [1.807, 2.05) is 0 Å². The molecule has 0 aromatic heterocycles. The zero-order chi connectivity index (χ0) is 34.1. The molecule has 0 N–H and O–H groups in total. The van der Waals surface area contributed by atoms with Crippen LogP contribution < -0.4 is 0 Å². The van der Waals surface area contributed by atoms with Crippen molar-refractivity contribution in [1.82, 2.24) is 0 Å². The summed E-state index contributed by atoms with van der Waals surface area (Å²) in [7, 11) is 0. The van der Waals surface area contributed by atoms with Crippen molar-refractivity contribution in [3.05, 3.63) is 12.2 Å². The third kappa shape index (κ3) is 6.14. The van der Waals surface area contributed by atoms with E-state index < -0.39 is 84.6 Å². The van der Waals surface area contributed by atoms with Gasteiger partial charge in [0.25, 0.3) is 0 Å². The van der Waals surface area contributed by atoms with Gasteiger partial charge < -0.3 is 0 Å². The summed E-state index contributed by atoms with van der Waals surface area (Å²) in [6, 6.07) is 0. The number of hydrogen-bond donors (Lipinski definition) is 0. The van der Waals surface area contributed by atoms with Crippen LogP contribution >= 0.6 is 0 Å². The molecule has 0 atom stereocenters. The zero-order valence-electron chi connectivity index (χ0n) is 21.4. The highest BCUT2D eigenvalue weighted by Crippen LogP contribution is 2.66. The first-order valence-corrected chi connectivity index (χ1v) is 11.8. The van der Waals surface area contributed by atoms with Crippen molar-refractivity contribution in [3.8, 4) is 0 Å². The minimum absolute atomic E-state index is 0.000477. The summed E-state index contributed by atoms with van der Waals surface area (Å²) in [5, 5.41) is 0. The molecule has 42 heavy (non-hydrogen) atoms. The van der Waals surface area contributed by atoms with Crippen molar-refractivity contribution in [1.29, 1.82) is 0 Å². The maximum Gasteiger partial charge on any atom is 0.385 e. The van der Waals surface area contributed by atoms with Crippen LogP contribution in [0.3, 0.4) is 0 Å². The van der Waals surface area contributed by atoms with E-state index in [2.05, 4.69) is 0 Å². The molecule has 0 aliphatic rings. The second-order valence-electron chi connectivity index (χ2n) is 9.29. The predicted molar refractivity (Wildman–Crippen MR) is 107 cm³/mol. The minimum Gasteiger partial charge on any atom is -0.200 e. The van der Waals surface area contributed by atoms with E-state index in [9.17, 15) is 87.8 Å². The molecule has 0 aromatic rings. The minimum atomic E-state index is -8.99. The maximum atomic E-state index is 13.9. The van der Waals surface area contributed by atoms with Gasteiger partial charge in [-0.25, -0.2) is 0 Å². The van der Waals surface area contributed by atoms with Gasteiger partial charge in [0.15, 0.2) is 0 Å². The molecule has 20 heteroatoms. The van der Waals surface area contributed by atoms with Gasteiger partial charge in [0.05, 0.1) is 0 Å². The first-order chi connectivity index (χ1) is 18.4. The lowest BCUT2D eigenvalue weighted by Gasteiger charge is -2.45. The Morgan fingerprint density at radius 2 is 0.667 bits per heavy atom. The number of allylic oxidation sites excluding steroid dienone is 2. The molecule has 0 fully saturated rings. The molecule has 0 rings (SSSR count). The van der Waals surface area contributed by atoms with Crippen molar-refractivity contribution in [2.75, 3.05) is 0 Å². The van der Waals surface area contributed by atoms with Gasteiger partial charge in [-0.2, -0.15) is 87.8 Å². The van der Waals surface area contributed by atoms with E-state index in [-0.39, 0.29) is 12.5 Å². The number of hydrogen-bond acceptors (Lipinski definition) is 0. The Hall–Kier alpha value is -1.66. The van der Waals surface area contributed by atoms with Gasteiger partial charge >= 0.3 is 59.2 Å². The lowest BCUT2D eigenvalue weighted by atomic mass is 9.85. The Kier molecular flexibility index (Phi) is 11.9. The molecule has 252 valence electrons. The third-order valence-corrected chi connectivity index (χ3v) is 6.11. The standard InChI is InChI=1S/C22H24F20/c1-3-5-6-7-8-9-10-12-14(25,26)16(29,30)18(33,34)20(37,38)22(41,42)21(39,40)19(35,36)17(31,32)15(27,28)13(23,24)11-4-2/h4,11H,3,5-10,12H2,1-2H3. The fourth-order valence-corrected chi connectivity index (χ4v) is 3.40. The molecular formula is C22H24F20. The van der Waals surface area contributed by atoms with Crippen molar-refractivity contribution in [2.45, 2.75) is 124 Å². The van der Waals surface area contributed by atoms with Gasteiger partial charge in [-0.05, 0) is 19.4 Å². The van der Waals surface area contributed by atoms with Crippen LogP contribution in [0.5, 0.6) is 0 Å². The van der Waals surface area contributed by atoms with Gasteiger partial charge in [0.2, 0.25) is 0 Å².